The number of carbonyl (C=O) groups excluding carboxylic acids is 1. The van der Waals surface area contributed by atoms with Crippen molar-refractivity contribution in [3.05, 3.63) is 48.4 Å². The van der Waals surface area contributed by atoms with E-state index in [1.807, 2.05) is 12.1 Å². The summed E-state index contributed by atoms with van der Waals surface area (Å²) >= 11 is 0. The molecule has 0 aromatic carbocycles. The first kappa shape index (κ1) is 10.4. The van der Waals surface area contributed by atoms with Crippen molar-refractivity contribution in [2.45, 2.75) is 13.0 Å². The van der Waals surface area contributed by atoms with Gasteiger partial charge in [0.1, 0.15) is 6.26 Å². The molecule has 82 valence electrons. The summed E-state index contributed by atoms with van der Waals surface area (Å²) in [4.78, 5) is 19.2. The largest absolute Gasteiger partial charge is 0.451 e. The molecule has 5 nitrogen and oxygen atoms in total. The molecule has 2 aromatic rings. The van der Waals surface area contributed by atoms with Gasteiger partial charge in [-0.3, -0.25) is 9.78 Å². The summed E-state index contributed by atoms with van der Waals surface area (Å²) < 4.78 is 4.78. The second-order valence-electron chi connectivity index (χ2n) is 3.29. The molecule has 2 rings (SSSR count). The molecular formula is C11H11N3O2. The molecule has 0 radical (unpaired) electrons. The Morgan fingerprint density at radius 3 is 2.88 bits per heavy atom. The predicted molar refractivity (Wildman–Crippen MR) is 56.3 cm³/mol. The van der Waals surface area contributed by atoms with Crippen LogP contribution in [-0.4, -0.2) is 15.9 Å². The summed E-state index contributed by atoms with van der Waals surface area (Å²) in [5.74, 6) is -0.0780. The van der Waals surface area contributed by atoms with Crippen molar-refractivity contribution in [1.82, 2.24) is 15.3 Å². The maximum absolute atomic E-state index is 11.5. The van der Waals surface area contributed by atoms with Gasteiger partial charge < -0.3 is 9.73 Å². The normalized spacial score (nSPS) is 10.0. The van der Waals surface area contributed by atoms with Gasteiger partial charge in [-0.25, -0.2) is 4.98 Å². The van der Waals surface area contributed by atoms with Crippen LogP contribution in [0.3, 0.4) is 0 Å². The van der Waals surface area contributed by atoms with Crippen LogP contribution < -0.4 is 5.32 Å². The number of nitrogens with zero attached hydrogens (tertiary/aromatic N) is 2. The molecule has 2 aromatic heterocycles. The van der Waals surface area contributed by atoms with E-state index in [1.165, 1.54) is 12.7 Å². The fraction of sp³-hybridized carbons (Fsp3) is 0.182. The van der Waals surface area contributed by atoms with Crippen LogP contribution in [0.25, 0.3) is 0 Å². The van der Waals surface area contributed by atoms with Gasteiger partial charge in [-0.1, -0.05) is 0 Å². The second-order valence-corrected chi connectivity index (χ2v) is 3.29. The molecule has 0 fully saturated rings. The maximum Gasteiger partial charge on any atom is 0.226 e. The maximum atomic E-state index is 11.5. The Kier molecular flexibility index (Phi) is 3.28. The average Bonchev–Trinajstić information content (AvgIpc) is 2.81. The second kappa shape index (κ2) is 5.06. The smallest absolute Gasteiger partial charge is 0.226 e. The van der Waals surface area contributed by atoms with Gasteiger partial charge in [0.25, 0.3) is 0 Å². The summed E-state index contributed by atoms with van der Waals surface area (Å²) in [6.45, 7) is 0.499. The molecule has 0 aliphatic rings. The molecule has 1 amide bonds. The van der Waals surface area contributed by atoms with Gasteiger partial charge in [0.2, 0.25) is 5.91 Å². The number of rotatable bonds is 4. The number of oxazole rings is 1. The Morgan fingerprint density at radius 2 is 2.19 bits per heavy atom. The Balaban J connectivity index is 1.80. The minimum Gasteiger partial charge on any atom is -0.451 e. The van der Waals surface area contributed by atoms with E-state index in [2.05, 4.69) is 15.3 Å². The van der Waals surface area contributed by atoms with E-state index in [1.54, 1.807) is 12.4 Å². The average molecular weight is 217 g/mol. The monoisotopic (exact) mass is 217 g/mol. The first-order valence-corrected chi connectivity index (χ1v) is 4.87. The molecule has 2 heterocycles. The molecule has 5 heteroatoms. The summed E-state index contributed by atoms with van der Waals surface area (Å²) in [5.41, 5.74) is 1.65. The van der Waals surface area contributed by atoms with Crippen molar-refractivity contribution in [3.63, 3.8) is 0 Å². The van der Waals surface area contributed by atoms with E-state index in [0.717, 1.165) is 5.56 Å². The van der Waals surface area contributed by atoms with E-state index in [4.69, 9.17) is 4.42 Å². The summed E-state index contributed by atoms with van der Waals surface area (Å²) in [5, 5.41) is 2.79. The predicted octanol–water partition coefficient (Wildman–Crippen LogP) is 0.928. The number of amides is 1. The highest BCUT2D eigenvalue weighted by atomic mass is 16.3. The fourth-order valence-corrected chi connectivity index (χ4v) is 1.25. The van der Waals surface area contributed by atoms with E-state index in [0.29, 0.717) is 12.2 Å². The zero-order chi connectivity index (χ0) is 11.2. The molecule has 1 N–H and O–H groups in total. The van der Waals surface area contributed by atoms with Gasteiger partial charge in [0.15, 0.2) is 6.39 Å². The molecule has 16 heavy (non-hydrogen) atoms. The van der Waals surface area contributed by atoms with E-state index >= 15 is 0 Å². The van der Waals surface area contributed by atoms with Crippen molar-refractivity contribution < 1.29 is 9.21 Å². The molecule has 0 saturated carbocycles. The van der Waals surface area contributed by atoms with Gasteiger partial charge in [0.05, 0.1) is 12.1 Å². The quantitative estimate of drug-likeness (QED) is 0.827. The topological polar surface area (TPSA) is 68.0 Å². The third-order valence-corrected chi connectivity index (χ3v) is 2.06. The van der Waals surface area contributed by atoms with Gasteiger partial charge in [-0.15, -0.1) is 0 Å². The van der Waals surface area contributed by atoms with Crippen LogP contribution in [0, 0.1) is 0 Å². The number of aromatic nitrogens is 2. The fourth-order valence-electron chi connectivity index (χ4n) is 1.25. The van der Waals surface area contributed by atoms with Crippen molar-refractivity contribution >= 4 is 5.91 Å². The number of nitrogens with one attached hydrogen (secondary N) is 1. The summed E-state index contributed by atoms with van der Waals surface area (Å²) in [6.07, 6.45) is 6.40. The molecule has 0 unspecified atom stereocenters. The highest BCUT2D eigenvalue weighted by Crippen LogP contribution is 1.97. The first-order chi connectivity index (χ1) is 7.84. The lowest BCUT2D eigenvalue weighted by Crippen LogP contribution is -2.24. The SMILES string of the molecule is O=C(Cc1cocn1)NCc1ccncc1. The molecule has 0 aliphatic heterocycles. The summed E-state index contributed by atoms with van der Waals surface area (Å²) in [7, 11) is 0. The number of hydrogen-bond donors (Lipinski definition) is 1. The van der Waals surface area contributed by atoms with Crippen LogP contribution >= 0.6 is 0 Å². The zero-order valence-corrected chi connectivity index (χ0v) is 8.59. The van der Waals surface area contributed by atoms with E-state index in [9.17, 15) is 4.79 Å². The van der Waals surface area contributed by atoms with Crippen LogP contribution in [0.5, 0.6) is 0 Å². The van der Waals surface area contributed by atoms with Gasteiger partial charge in [-0.05, 0) is 17.7 Å². The van der Waals surface area contributed by atoms with Gasteiger partial charge >= 0.3 is 0 Å². The Morgan fingerprint density at radius 1 is 1.38 bits per heavy atom. The van der Waals surface area contributed by atoms with Crippen molar-refractivity contribution in [2.75, 3.05) is 0 Å². The lowest BCUT2D eigenvalue weighted by molar-refractivity contribution is -0.120. The lowest BCUT2D eigenvalue weighted by Gasteiger charge is -2.03. The molecule has 0 saturated heterocycles. The minimum absolute atomic E-state index is 0.0780. The van der Waals surface area contributed by atoms with E-state index in [-0.39, 0.29) is 12.3 Å². The van der Waals surface area contributed by atoms with E-state index < -0.39 is 0 Å². The number of hydrogen-bond acceptors (Lipinski definition) is 4. The van der Waals surface area contributed by atoms with Crippen LogP contribution in [0.2, 0.25) is 0 Å². The third-order valence-electron chi connectivity index (χ3n) is 2.06. The molecule has 0 bridgehead atoms. The minimum atomic E-state index is -0.0780. The zero-order valence-electron chi connectivity index (χ0n) is 8.59. The van der Waals surface area contributed by atoms with Gasteiger partial charge in [0, 0.05) is 18.9 Å². The Hall–Kier alpha value is -2.17. The van der Waals surface area contributed by atoms with Crippen molar-refractivity contribution in [2.24, 2.45) is 0 Å². The van der Waals surface area contributed by atoms with Crippen LogP contribution in [0.15, 0.2) is 41.6 Å². The Labute approximate surface area is 92.5 Å². The summed E-state index contributed by atoms with van der Waals surface area (Å²) in [6, 6.07) is 3.72. The lowest BCUT2D eigenvalue weighted by atomic mass is 10.2. The van der Waals surface area contributed by atoms with Gasteiger partial charge in [-0.2, -0.15) is 0 Å². The third kappa shape index (κ3) is 2.91. The Bertz CT molecular complexity index is 440. The first-order valence-electron chi connectivity index (χ1n) is 4.87. The van der Waals surface area contributed by atoms with Crippen LogP contribution in [-0.2, 0) is 17.8 Å². The molecular weight excluding hydrogens is 206 g/mol. The highest BCUT2D eigenvalue weighted by molar-refractivity contribution is 5.77. The molecule has 0 aliphatic carbocycles. The van der Waals surface area contributed by atoms with Crippen LogP contribution in [0.1, 0.15) is 11.3 Å². The van der Waals surface area contributed by atoms with Crippen LogP contribution in [0.4, 0.5) is 0 Å². The molecule has 0 atom stereocenters. The molecule has 0 spiro atoms. The number of pyridine rings is 1. The van der Waals surface area contributed by atoms with Crippen molar-refractivity contribution in [3.8, 4) is 0 Å². The number of carbonyl (C=O) groups is 1. The standard InChI is InChI=1S/C11H11N3O2/c15-11(5-10-7-16-8-14-10)13-6-9-1-3-12-4-2-9/h1-4,7-8H,5-6H2,(H,13,15). The highest BCUT2D eigenvalue weighted by Gasteiger charge is 2.04. The van der Waals surface area contributed by atoms with Crippen molar-refractivity contribution in [1.29, 1.82) is 0 Å².